The van der Waals surface area contributed by atoms with Crippen LogP contribution < -0.4 is 0 Å². The van der Waals surface area contributed by atoms with Gasteiger partial charge in [-0.2, -0.15) is 11.8 Å². The van der Waals surface area contributed by atoms with Gasteiger partial charge < -0.3 is 4.90 Å². The first-order valence-corrected chi connectivity index (χ1v) is 9.03. The third-order valence-electron chi connectivity index (χ3n) is 3.03. The number of halogens is 1. The van der Waals surface area contributed by atoms with Gasteiger partial charge in [-0.05, 0) is 26.0 Å². The van der Waals surface area contributed by atoms with Crippen LogP contribution in [0.1, 0.15) is 20.3 Å². The standard InChI is InChI=1S/C16H21ClN4O2S/c1-3-21(15(23)6-8-24-11-12(2)22)14(16(17)18)10-20-13-5-4-7-19-9-13/h4-5,7,9-10,14,18H,3,6,8,11H2,1-2H3. The van der Waals surface area contributed by atoms with Crippen LogP contribution in [0, 0.1) is 5.41 Å². The highest BCUT2D eigenvalue weighted by atomic mass is 35.5. The Bertz CT molecular complexity index is 595. The molecule has 0 aliphatic heterocycles. The minimum atomic E-state index is -0.706. The Morgan fingerprint density at radius 3 is 2.83 bits per heavy atom. The van der Waals surface area contributed by atoms with Crippen LogP contribution in [0.15, 0.2) is 29.5 Å². The average Bonchev–Trinajstić information content (AvgIpc) is 2.55. The first kappa shape index (κ1) is 20.3. The molecule has 0 saturated carbocycles. The van der Waals surface area contributed by atoms with E-state index in [9.17, 15) is 9.59 Å². The summed E-state index contributed by atoms with van der Waals surface area (Å²) >= 11 is 7.29. The molecule has 0 bridgehead atoms. The van der Waals surface area contributed by atoms with Crippen molar-refractivity contribution in [1.82, 2.24) is 9.88 Å². The zero-order valence-electron chi connectivity index (χ0n) is 13.7. The molecule has 0 saturated heterocycles. The quantitative estimate of drug-likeness (QED) is 0.508. The number of carbonyl (C=O) groups excluding carboxylic acids is 2. The highest BCUT2D eigenvalue weighted by molar-refractivity contribution is 7.99. The van der Waals surface area contributed by atoms with Gasteiger partial charge in [0, 0.05) is 31.1 Å². The molecular weight excluding hydrogens is 348 g/mol. The molecule has 1 amide bonds. The van der Waals surface area contributed by atoms with Gasteiger partial charge >= 0.3 is 0 Å². The van der Waals surface area contributed by atoms with Crippen molar-refractivity contribution in [2.45, 2.75) is 26.3 Å². The fourth-order valence-electron chi connectivity index (χ4n) is 1.92. The fourth-order valence-corrected chi connectivity index (χ4v) is 2.84. The van der Waals surface area contributed by atoms with Crippen molar-refractivity contribution in [2.75, 3.05) is 18.1 Å². The molecule has 0 radical (unpaired) electrons. The van der Waals surface area contributed by atoms with Crippen LogP contribution in [0.25, 0.3) is 0 Å². The number of aliphatic imine (C=N–C) groups is 1. The van der Waals surface area contributed by atoms with Crippen molar-refractivity contribution in [2.24, 2.45) is 4.99 Å². The second-order valence-corrected chi connectivity index (χ2v) is 6.48. The number of thioether (sulfide) groups is 1. The van der Waals surface area contributed by atoms with Crippen LogP contribution in [0.2, 0.25) is 0 Å². The fraction of sp³-hybridized carbons (Fsp3) is 0.438. The van der Waals surface area contributed by atoms with Crippen molar-refractivity contribution >= 4 is 52.1 Å². The number of amides is 1. The van der Waals surface area contributed by atoms with E-state index in [-0.39, 0.29) is 23.3 Å². The normalized spacial score (nSPS) is 12.1. The lowest BCUT2D eigenvalue weighted by atomic mass is 10.2. The van der Waals surface area contributed by atoms with E-state index in [4.69, 9.17) is 17.0 Å². The monoisotopic (exact) mass is 368 g/mol. The molecule has 8 heteroatoms. The van der Waals surface area contributed by atoms with E-state index in [1.165, 1.54) is 29.8 Å². The molecule has 1 rings (SSSR count). The van der Waals surface area contributed by atoms with Gasteiger partial charge in [0.15, 0.2) is 0 Å². The van der Waals surface area contributed by atoms with Crippen molar-refractivity contribution in [3.63, 3.8) is 0 Å². The van der Waals surface area contributed by atoms with Crippen LogP contribution >= 0.6 is 23.4 Å². The number of nitrogens with one attached hydrogen (secondary N) is 1. The maximum Gasteiger partial charge on any atom is 0.224 e. The Kier molecular flexibility index (Phi) is 9.26. The van der Waals surface area contributed by atoms with Crippen LogP contribution in [-0.4, -0.2) is 57.1 Å². The Balaban J connectivity index is 2.72. The number of ketones is 1. The number of carbonyl (C=O) groups is 2. The Labute approximate surface area is 151 Å². The summed E-state index contributed by atoms with van der Waals surface area (Å²) in [7, 11) is 0. The van der Waals surface area contributed by atoms with Gasteiger partial charge in [-0.15, -0.1) is 0 Å². The van der Waals surface area contributed by atoms with Crippen LogP contribution in [-0.2, 0) is 9.59 Å². The SMILES string of the molecule is CCN(C(=O)CCSCC(C)=O)C(C=Nc1cccnc1)C(=N)Cl. The summed E-state index contributed by atoms with van der Waals surface area (Å²) in [6.45, 7) is 3.76. The van der Waals surface area contributed by atoms with Gasteiger partial charge in [0.25, 0.3) is 0 Å². The Hall–Kier alpha value is -1.73. The van der Waals surface area contributed by atoms with Gasteiger partial charge in [-0.1, -0.05) is 11.6 Å². The van der Waals surface area contributed by atoms with Gasteiger partial charge in [0.1, 0.15) is 17.0 Å². The molecule has 0 spiro atoms. The van der Waals surface area contributed by atoms with E-state index in [0.717, 1.165) is 0 Å². The lowest BCUT2D eigenvalue weighted by Crippen LogP contribution is -2.44. The molecule has 24 heavy (non-hydrogen) atoms. The molecule has 0 aliphatic rings. The van der Waals surface area contributed by atoms with Crippen molar-refractivity contribution < 1.29 is 9.59 Å². The molecule has 6 nitrogen and oxygen atoms in total. The summed E-state index contributed by atoms with van der Waals surface area (Å²) < 4.78 is 0. The summed E-state index contributed by atoms with van der Waals surface area (Å²) in [6, 6.07) is 2.82. The van der Waals surface area contributed by atoms with E-state index < -0.39 is 6.04 Å². The highest BCUT2D eigenvalue weighted by Gasteiger charge is 2.23. The third-order valence-corrected chi connectivity index (χ3v) is 4.36. The lowest BCUT2D eigenvalue weighted by molar-refractivity contribution is -0.130. The van der Waals surface area contributed by atoms with E-state index in [2.05, 4.69) is 9.98 Å². The molecule has 130 valence electrons. The summed E-state index contributed by atoms with van der Waals surface area (Å²) in [6.07, 6.45) is 4.99. The zero-order chi connectivity index (χ0) is 17.9. The molecule has 1 unspecified atom stereocenters. The van der Waals surface area contributed by atoms with Gasteiger partial charge in [-0.3, -0.25) is 25.0 Å². The molecule has 0 fully saturated rings. The summed E-state index contributed by atoms with van der Waals surface area (Å²) in [5.74, 6) is 0.915. The highest BCUT2D eigenvalue weighted by Crippen LogP contribution is 2.12. The second-order valence-electron chi connectivity index (χ2n) is 4.97. The number of pyridine rings is 1. The average molecular weight is 369 g/mol. The third kappa shape index (κ3) is 7.23. The number of Topliss-reactive ketones (excluding diaryl/α,β-unsaturated/α-hetero) is 1. The van der Waals surface area contributed by atoms with E-state index in [1.54, 1.807) is 24.5 Å². The molecule has 1 N–H and O–H groups in total. The van der Waals surface area contributed by atoms with E-state index >= 15 is 0 Å². The zero-order valence-corrected chi connectivity index (χ0v) is 15.3. The van der Waals surface area contributed by atoms with Crippen molar-refractivity contribution in [3.8, 4) is 0 Å². The molecule has 1 atom stereocenters. The molecular formula is C16H21ClN4O2S. The lowest BCUT2D eigenvalue weighted by Gasteiger charge is -2.26. The predicted octanol–water partition coefficient (Wildman–Crippen LogP) is 2.93. The summed E-state index contributed by atoms with van der Waals surface area (Å²) in [5.41, 5.74) is 0.626. The topological polar surface area (TPSA) is 86.5 Å². The first-order valence-electron chi connectivity index (χ1n) is 7.50. The minimum absolute atomic E-state index is 0.0869. The van der Waals surface area contributed by atoms with E-state index in [0.29, 0.717) is 23.7 Å². The Morgan fingerprint density at radius 1 is 1.54 bits per heavy atom. The second kappa shape index (κ2) is 10.9. The molecule has 1 aromatic heterocycles. The van der Waals surface area contributed by atoms with Crippen molar-refractivity contribution in [1.29, 1.82) is 5.41 Å². The molecule has 0 aliphatic carbocycles. The van der Waals surface area contributed by atoms with E-state index in [1.807, 2.05) is 6.92 Å². The largest absolute Gasteiger partial charge is 0.328 e. The summed E-state index contributed by atoms with van der Waals surface area (Å²) in [5, 5.41) is 7.56. The van der Waals surface area contributed by atoms with Crippen LogP contribution in [0.3, 0.4) is 0 Å². The molecule has 1 aromatic rings. The van der Waals surface area contributed by atoms with Crippen LogP contribution in [0.5, 0.6) is 0 Å². The number of nitrogens with zero attached hydrogens (tertiary/aromatic N) is 3. The maximum atomic E-state index is 12.4. The maximum absolute atomic E-state index is 12.4. The van der Waals surface area contributed by atoms with Gasteiger partial charge in [0.2, 0.25) is 5.91 Å². The Morgan fingerprint density at radius 2 is 2.29 bits per heavy atom. The number of hydrogen-bond acceptors (Lipinski definition) is 6. The van der Waals surface area contributed by atoms with Gasteiger partial charge in [0.05, 0.1) is 17.6 Å². The van der Waals surface area contributed by atoms with Gasteiger partial charge in [-0.25, -0.2) is 0 Å². The molecule has 1 heterocycles. The summed E-state index contributed by atoms with van der Waals surface area (Å²) in [4.78, 5) is 33.0. The number of aromatic nitrogens is 1. The number of rotatable bonds is 10. The van der Waals surface area contributed by atoms with Crippen molar-refractivity contribution in [3.05, 3.63) is 24.5 Å². The number of hydrogen-bond donors (Lipinski definition) is 1. The smallest absolute Gasteiger partial charge is 0.224 e. The predicted molar refractivity (Wildman–Crippen MR) is 99.8 cm³/mol. The van der Waals surface area contributed by atoms with Crippen LogP contribution in [0.4, 0.5) is 5.69 Å². The molecule has 0 aromatic carbocycles. The first-order chi connectivity index (χ1) is 11.5. The minimum Gasteiger partial charge on any atom is -0.328 e.